The van der Waals surface area contributed by atoms with E-state index in [0.717, 1.165) is 44.2 Å². The molecule has 24 heavy (non-hydrogen) atoms. The molecule has 3 aromatic rings. The molecule has 4 heterocycles. The SMILES string of the molecule is c1cnc(OCc2nnc3n2CCN(Cc2ccsc2)CC3)nc1. The second-order valence-corrected chi connectivity index (χ2v) is 6.44. The van der Waals surface area contributed by atoms with Crippen molar-refractivity contribution in [3.8, 4) is 6.01 Å². The maximum Gasteiger partial charge on any atom is 0.316 e. The molecule has 0 atom stereocenters. The van der Waals surface area contributed by atoms with Crippen LogP contribution in [0, 0.1) is 0 Å². The van der Waals surface area contributed by atoms with Gasteiger partial charge in [-0.2, -0.15) is 11.3 Å². The molecule has 0 radical (unpaired) electrons. The molecule has 0 saturated carbocycles. The minimum Gasteiger partial charge on any atom is -0.455 e. The Kier molecular flexibility index (Phi) is 4.48. The van der Waals surface area contributed by atoms with E-state index in [4.69, 9.17) is 4.74 Å². The molecule has 3 aromatic heterocycles. The smallest absolute Gasteiger partial charge is 0.316 e. The number of thiophene rings is 1. The Hall–Kier alpha value is -2.32. The minimum absolute atomic E-state index is 0.335. The van der Waals surface area contributed by atoms with Crippen LogP contribution in [0.3, 0.4) is 0 Å². The number of hydrogen-bond donors (Lipinski definition) is 0. The highest BCUT2D eigenvalue weighted by molar-refractivity contribution is 7.07. The van der Waals surface area contributed by atoms with Gasteiger partial charge < -0.3 is 9.30 Å². The Morgan fingerprint density at radius 3 is 2.88 bits per heavy atom. The summed E-state index contributed by atoms with van der Waals surface area (Å²) in [7, 11) is 0. The summed E-state index contributed by atoms with van der Waals surface area (Å²) in [6.45, 7) is 4.18. The van der Waals surface area contributed by atoms with Gasteiger partial charge in [-0.15, -0.1) is 10.2 Å². The van der Waals surface area contributed by atoms with Gasteiger partial charge in [0, 0.05) is 45.0 Å². The summed E-state index contributed by atoms with van der Waals surface area (Å²) in [5.74, 6) is 1.85. The molecule has 0 N–H and O–H groups in total. The molecule has 0 aromatic carbocycles. The van der Waals surface area contributed by atoms with Crippen LogP contribution in [0.5, 0.6) is 6.01 Å². The van der Waals surface area contributed by atoms with Gasteiger partial charge in [-0.1, -0.05) is 0 Å². The summed E-state index contributed by atoms with van der Waals surface area (Å²) in [5, 5.41) is 12.9. The Morgan fingerprint density at radius 1 is 1.12 bits per heavy atom. The monoisotopic (exact) mass is 342 g/mol. The van der Waals surface area contributed by atoms with Crippen LogP contribution in [0.25, 0.3) is 0 Å². The van der Waals surface area contributed by atoms with E-state index in [1.54, 1.807) is 29.8 Å². The largest absolute Gasteiger partial charge is 0.455 e. The van der Waals surface area contributed by atoms with E-state index in [9.17, 15) is 0 Å². The Bertz CT molecular complexity index is 773. The van der Waals surface area contributed by atoms with Gasteiger partial charge in [0.25, 0.3) is 0 Å². The van der Waals surface area contributed by atoms with Crippen LogP contribution in [-0.4, -0.2) is 42.7 Å². The molecule has 0 fully saturated rings. The molecular weight excluding hydrogens is 324 g/mol. The number of ether oxygens (including phenoxy) is 1. The fourth-order valence-electron chi connectivity index (χ4n) is 2.82. The van der Waals surface area contributed by atoms with Gasteiger partial charge in [0.05, 0.1) is 0 Å². The van der Waals surface area contributed by atoms with Gasteiger partial charge >= 0.3 is 6.01 Å². The van der Waals surface area contributed by atoms with Crippen LogP contribution in [0.2, 0.25) is 0 Å². The summed E-state index contributed by atoms with van der Waals surface area (Å²) >= 11 is 1.75. The lowest BCUT2D eigenvalue weighted by Crippen LogP contribution is -2.26. The fraction of sp³-hybridized carbons (Fsp3) is 0.375. The van der Waals surface area contributed by atoms with Crippen molar-refractivity contribution in [3.63, 3.8) is 0 Å². The minimum atomic E-state index is 0.335. The lowest BCUT2D eigenvalue weighted by atomic mass is 10.3. The Balaban J connectivity index is 1.40. The normalized spacial score (nSPS) is 15.0. The quantitative estimate of drug-likeness (QED) is 0.704. The van der Waals surface area contributed by atoms with Crippen molar-refractivity contribution >= 4 is 11.3 Å². The molecule has 0 amide bonds. The predicted octanol–water partition coefficient (Wildman–Crippen LogP) is 1.77. The van der Waals surface area contributed by atoms with E-state index < -0.39 is 0 Å². The summed E-state index contributed by atoms with van der Waals surface area (Å²) in [6.07, 6.45) is 4.23. The first-order chi connectivity index (χ1) is 11.9. The second kappa shape index (κ2) is 7.06. The molecule has 1 aliphatic rings. The molecule has 0 spiro atoms. The van der Waals surface area contributed by atoms with Gasteiger partial charge in [-0.25, -0.2) is 9.97 Å². The maximum absolute atomic E-state index is 5.61. The van der Waals surface area contributed by atoms with E-state index in [2.05, 4.69) is 46.5 Å². The maximum atomic E-state index is 5.61. The zero-order valence-corrected chi connectivity index (χ0v) is 14.0. The van der Waals surface area contributed by atoms with E-state index in [-0.39, 0.29) is 0 Å². The highest BCUT2D eigenvalue weighted by Gasteiger charge is 2.19. The molecule has 0 bridgehead atoms. The third-order valence-corrected chi connectivity index (χ3v) is 4.79. The first-order valence-corrected chi connectivity index (χ1v) is 8.87. The van der Waals surface area contributed by atoms with E-state index in [1.807, 2.05) is 0 Å². The Morgan fingerprint density at radius 2 is 2.04 bits per heavy atom. The molecule has 1 aliphatic heterocycles. The third-order valence-electron chi connectivity index (χ3n) is 4.05. The average Bonchev–Trinajstić information content (AvgIpc) is 3.21. The number of fused-ring (bicyclic) bond motifs is 1. The van der Waals surface area contributed by atoms with E-state index >= 15 is 0 Å². The third kappa shape index (κ3) is 3.44. The van der Waals surface area contributed by atoms with Crippen molar-refractivity contribution in [3.05, 3.63) is 52.5 Å². The molecule has 4 rings (SSSR count). The average molecular weight is 342 g/mol. The Labute approximate surface area is 144 Å². The van der Waals surface area contributed by atoms with Crippen molar-refractivity contribution in [2.45, 2.75) is 26.1 Å². The summed E-state index contributed by atoms with van der Waals surface area (Å²) in [4.78, 5) is 10.6. The summed E-state index contributed by atoms with van der Waals surface area (Å²) < 4.78 is 7.77. The zero-order chi connectivity index (χ0) is 16.2. The molecule has 0 saturated heterocycles. The van der Waals surface area contributed by atoms with Crippen LogP contribution in [0.15, 0.2) is 35.3 Å². The first-order valence-electron chi connectivity index (χ1n) is 7.93. The molecular formula is C16H18N6OS. The van der Waals surface area contributed by atoms with Gasteiger partial charge in [-0.3, -0.25) is 4.90 Å². The standard InChI is InChI=1S/C16H18N6OS/c1-4-17-16(18-5-1)23-11-15-20-19-14-2-6-21(7-8-22(14)15)10-13-3-9-24-12-13/h1,3-5,9,12H,2,6-8,10-11H2. The van der Waals surface area contributed by atoms with Crippen LogP contribution in [0.4, 0.5) is 0 Å². The van der Waals surface area contributed by atoms with Gasteiger partial charge in [0.15, 0.2) is 12.4 Å². The van der Waals surface area contributed by atoms with Gasteiger partial charge in [-0.05, 0) is 28.5 Å². The number of hydrogen-bond acceptors (Lipinski definition) is 7. The molecule has 8 heteroatoms. The first kappa shape index (κ1) is 15.2. The van der Waals surface area contributed by atoms with Crippen LogP contribution in [-0.2, 0) is 26.1 Å². The van der Waals surface area contributed by atoms with E-state index in [1.165, 1.54) is 5.56 Å². The molecule has 124 valence electrons. The second-order valence-electron chi connectivity index (χ2n) is 5.66. The van der Waals surface area contributed by atoms with Gasteiger partial charge in [0.2, 0.25) is 0 Å². The molecule has 7 nitrogen and oxygen atoms in total. The highest BCUT2D eigenvalue weighted by Crippen LogP contribution is 2.15. The lowest BCUT2D eigenvalue weighted by Gasteiger charge is -2.18. The van der Waals surface area contributed by atoms with Crippen LogP contribution in [0.1, 0.15) is 17.2 Å². The van der Waals surface area contributed by atoms with Crippen molar-refractivity contribution in [2.24, 2.45) is 0 Å². The van der Waals surface area contributed by atoms with Crippen molar-refractivity contribution < 1.29 is 4.74 Å². The van der Waals surface area contributed by atoms with E-state index in [0.29, 0.717) is 12.6 Å². The van der Waals surface area contributed by atoms with Crippen LogP contribution < -0.4 is 4.74 Å². The number of rotatable bonds is 5. The van der Waals surface area contributed by atoms with Crippen molar-refractivity contribution in [2.75, 3.05) is 13.1 Å². The molecule has 0 aliphatic carbocycles. The van der Waals surface area contributed by atoms with Crippen molar-refractivity contribution in [1.29, 1.82) is 0 Å². The number of nitrogens with zero attached hydrogens (tertiary/aromatic N) is 6. The fourth-order valence-corrected chi connectivity index (χ4v) is 3.48. The molecule has 0 unspecified atom stereocenters. The lowest BCUT2D eigenvalue weighted by molar-refractivity contribution is 0.253. The topological polar surface area (TPSA) is 69.0 Å². The zero-order valence-electron chi connectivity index (χ0n) is 13.2. The van der Waals surface area contributed by atoms with Crippen LogP contribution >= 0.6 is 11.3 Å². The van der Waals surface area contributed by atoms with Crippen molar-refractivity contribution in [1.82, 2.24) is 29.6 Å². The highest BCUT2D eigenvalue weighted by atomic mass is 32.1. The summed E-state index contributed by atoms with van der Waals surface area (Å²) in [6, 6.07) is 4.31. The predicted molar refractivity (Wildman–Crippen MR) is 89.7 cm³/mol. The van der Waals surface area contributed by atoms with Gasteiger partial charge in [0.1, 0.15) is 5.82 Å². The summed E-state index contributed by atoms with van der Waals surface area (Å²) in [5.41, 5.74) is 1.38. The number of aromatic nitrogens is 5.